The molecule has 3 rings (SSSR count). The van der Waals surface area contributed by atoms with Crippen molar-refractivity contribution in [3.05, 3.63) is 41.1 Å². The zero-order valence-corrected chi connectivity index (χ0v) is 16.7. The van der Waals surface area contributed by atoms with Gasteiger partial charge in [-0.1, -0.05) is 26.8 Å². The summed E-state index contributed by atoms with van der Waals surface area (Å²) >= 11 is 0. The van der Waals surface area contributed by atoms with Gasteiger partial charge < -0.3 is 20.1 Å². The van der Waals surface area contributed by atoms with Crippen LogP contribution >= 0.6 is 0 Å². The monoisotopic (exact) mass is 370 g/mol. The van der Waals surface area contributed by atoms with Crippen molar-refractivity contribution in [2.24, 2.45) is 5.92 Å². The molecular weight excluding hydrogens is 340 g/mol. The minimum absolute atomic E-state index is 0.0560. The number of rotatable bonds is 7. The number of aromatic nitrogens is 2. The summed E-state index contributed by atoms with van der Waals surface area (Å²) in [6.07, 6.45) is 1.81. The molecule has 2 aromatic rings. The van der Waals surface area contributed by atoms with Crippen LogP contribution in [-0.2, 0) is 19.4 Å². The molecular formula is C21H30N4O2. The van der Waals surface area contributed by atoms with Crippen LogP contribution in [-0.4, -0.2) is 41.4 Å². The normalized spacial score (nSPS) is 14.8. The van der Waals surface area contributed by atoms with Crippen molar-refractivity contribution in [2.45, 2.75) is 46.2 Å². The van der Waals surface area contributed by atoms with Crippen LogP contribution in [0.2, 0.25) is 0 Å². The SMILES string of the molecule is CCc1cc(N2CCc3cc(OC)ccc3C2)nc(N[C@H](CO)C(C)C)n1. The average Bonchev–Trinajstić information content (AvgIpc) is 2.70. The fourth-order valence-electron chi connectivity index (χ4n) is 3.33. The number of methoxy groups -OCH3 is 1. The maximum atomic E-state index is 9.62. The molecule has 1 atom stereocenters. The number of ether oxygens (including phenoxy) is 1. The summed E-state index contributed by atoms with van der Waals surface area (Å²) in [5, 5.41) is 12.9. The van der Waals surface area contributed by atoms with Gasteiger partial charge in [0.2, 0.25) is 5.95 Å². The lowest BCUT2D eigenvalue weighted by Crippen LogP contribution is -2.33. The van der Waals surface area contributed by atoms with Crippen molar-refractivity contribution >= 4 is 11.8 Å². The Kier molecular flexibility index (Phi) is 6.16. The van der Waals surface area contributed by atoms with Gasteiger partial charge in [0.25, 0.3) is 0 Å². The van der Waals surface area contributed by atoms with Crippen LogP contribution in [0.4, 0.5) is 11.8 Å². The van der Waals surface area contributed by atoms with Gasteiger partial charge in [0, 0.05) is 24.8 Å². The van der Waals surface area contributed by atoms with Gasteiger partial charge in [-0.3, -0.25) is 0 Å². The van der Waals surface area contributed by atoms with Crippen LogP contribution < -0.4 is 15.0 Å². The molecule has 146 valence electrons. The molecule has 0 aliphatic carbocycles. The van der Waals surface area contributed by atoms with Crippen LogP contribution in [0.3, 0.4) is 0 Å². The van der Waals surface area contributed by atoms with Crippen molar-refractivity contribution in [3.63, 3.8) is 0 Å². The highest BCUT2D eigenvalue weighted by atomic mass is 16.5. The van der Waals surface area contributed by atoms with Crippen molar-refractivity contribution in [1.82, 2.24) is 9.97 Å². The first kappa shape index (κ1) is 19.4. The molecule has 0 fully saturated rings. The number of hydrogen-bond acceptors (Lipinski definition) is 6. The summed E-state index contributed by atoms with van der Waals surface area (Å²) in [4.78, 5) is 11.7. The smallest absolute Gasteiger partial charge is 0.225 e. The Hall–Kier alpha value is -2.34. The maximum absolute atomic E-state index is 9.62. The Morgan fingerprint density at radius 3 is 2.70 bits per heavy atom. The first-order chi connectivity index (χ1) is 13.0. The zero-order valence-electron chi connectivity index (χ0n) is 16.7. The number of benzene rings is 1. The topological polar surface area (TPSA) is 70.5 Å². The second-order valence-electron chi connectivity index (χ2n) is 7.38. The summed E-state index contributed by atoms with van der Waals surface area (Å²) in [6.45, 7) is 8.05. The lowest BCUT2D eigenvalue weighted by molar-refractivity contribution is 0.248. The lowest BCUT2D eigenvalue weighted by Gasteiger charge is -2.30. The summed E-state index contributed by atoms with van der Waals surface area (Å²) in [7, 11) is 1.70. The first-order valence-electron chi connectivity index (χ1n) is 9.70. The van der Waals surface area contributed by atoms with Crippen molar-refractivity contribution in [2.75, 3.05) is 30.5 Å². The van der Waals surface area contributed by atoms with Gasteiger partial charge >= 0.3 is 0 Å². The quantitative estimate of drug-likeness (QED) is 0.781. The minimum Gasteiger partial charge on any atom is -0.497 e. The van der Waals surface area contributed by atoms with E-state index in [0.717, 1.165) is 43.2 Å². The molecule has 6 nitrogen and oxygen atoms in total. The van der Waals surface area contributed by atoms with Gasteiger partial charge in [-0.05, 0) is 42.0 Å². The van der Waals surface area contributed by atoms with Gasteiger partial charge in [0.05, 0.1) is 19.8 Å². The van der Waals surface area contributed by atoms with E-state index in [9.17, 15) is 5.11 Å². The minimum atomic E-state index is -0.0560. The van der Waals surface area contributed by atoms with E-state index < -0.39 is 0 Å². The van der Waals surface area contributed by atoms with Gasteiger partial charge in [-0.25, -0.2) is 4.98 Å². The molecule has 2 heterocycles. The van der Waals surface area contributed by atoms with Crippen LogP contribution in [0.15, 0.2) is 24.3 Å². The molecule has 0 spiro atoms. The third-order valence-electron chi connectivity index (χ3n) is 5.19. The Morgan fingerprint density at radius 1 is 1.22 bits per heavy atom. The standard InChI is InChI=1S/C21H30N4O2/c1-5-17-11-20(24-21(22-17)23-19(13-26)14(2)3)25-9-8-15-10-18(27-4)7-6-16(15)12-25/h6-7,10-11,14,19,26H,5,8-9,12-13H2,1-4H3,(H,22,23,24)/t19-/m1/s1. The predicted molar refractivity (Wildman–Crippen MR) is 108 cm³/mol. The van der Waals surface area contributed by atoms with E-state index in [1.807, 2.05) is 6.07 Å². The van der Waals surface area contributed by atoms with Crippen LogP contribution in [0.5, 0.6) is 5.75 Å². The van der Waals surface area contributed by atoms with Gasteiger partial charge in [-0.2, -0.15) is 4.98 Å². The number of anilines is 2. The first-order valence-corrected chi connectivity index (χ1v) is 9.70. The number of hydrogen-bond donors (Lipinski definition) is 2. The Bertz CT molecular complexity index is 779. The van der Waals surface area contributed by atoms with E-state index >= 15 is 0 Å². The second-order valence-corrected chi connectivity index (χ2v) is 7.38. The van der Waals surface area contributed by atoms with Gasteiger partial charge in [-0.15, -0.1) is 0 Å². The highest BCUT2D eigenvalue weighted by molar-refractivity contribution is 5.49. The number of aliphatic hydroxyl groups excluding tert-OH is 1. The Balaban J connectivity index is 1.84. The van der Waals surface area contributed by atoms with Crippen LogP contribution in [0, 0.1) is 5.92 Å². The molecule has 0 radical (unpaired) electrons. The summed E-state index contributed by atoms with van der Waals surface area (Å²) in [6, 6.07) is 8.30. The largest absolute Gasteiger partial charge is 0.497 e. The Labute approximate surface area is 161 Å². The molecule has 0 unspecified atom stereocenters. The molecule has 1 aliphatic heterocycles. The molecule has 1 aliphatic rings. The maximum Gasteiger partial charge on any atom is 0.225 e. The van der Waals surface area contributed by atoms with Crippen LogP contribution in [0.25, 0.3) is 0 Å². The molecule has 1 aromatic heterocycles. The number of nitrogens with one attached hydrogen (secondary N) is 1. The molecule has 6 heteroatoms. The lowest BCUT2D eigenvalue weighted by atomic mass is 9.99. The fourth-order valence-corrected chi connectivity index (χ4v) is 3.33. The number of aryl methyl sites for hydroxylation is 1. The van der Waals surface area contributed by atoms with Gasteiger partial charge in [0.1, 0.15) is 11.6 Å². The fraction of sp³-hybridized carbons (Fsp3) is 0.524. The van der Waals surface area contributed by atoms with Crippen LogP contribution in [0.1, 0.15) is 37.6 Å². The molecule has 1 aromatic carbocycles. The van der Waals surface area contributed by atoms with E-state index in [1.165, 1.54) is 11.1 Å². The summed E-state index contributed by atoms with van der Waals surface area (Å²) in [5.41, 5.74) is 3.65. The Morgan fingerprint density at radius 2 is 2.04 bits per heavy atom. The van der Waals surface area contributed by atoms with Crippen molar-refractivity contribution in [1.29, 1.82) is 0 Å². The molecule has 27 heavy (non-hydrogen) atoms. The summed E-state index contributed by atoms with van der Waals surface area (Å²) < 4.78 is 5.34. The third-order valence-corrected chi connectivity index (χ3v) is 5.19. The number of nitrogens with zero attached hydrogens (tertiary/aromatic N) is 3. The molecule has 0 amide bonds. The molecule has 0 saturated heterocycles. The van der Waals surface area contributed by atoms with Crippen molar-refractivity contribution in [3.8, 4) is 5.75 Å². The predicted octanol–water partition coefficient (Wildman–Crippen LogP) is 3.04. The van der Waals surface area contributed by atoms with E-state index in [-0.39, 0.29) is 12.6 Å². The highest BCUT2D eigenvalue weighted by Gasteiger charge is 2.20. The van der Waals surface area contributed by atoms with E-state index in [0.29, 0.717) is 11.9 Å². The number of fused-ring (bicyclic) bond motifs is 1. The van der Waals surface area contributed by atoms with E-state index in [2.05, 4.69) is 54.2 Å². The zero-order chi connectivity index (χ0) is 19.4. The van der Waals surface area contributed by atoms with Gasteiger partial charge in [0.15, 0.2) is 0 Å². The third kappa shape index (κ3) is 4.50. The van der Waals surface area contributed by atoms with E-state index in [1.54, 1.807) is 7.11 Å². The van der Waals surface area contributed by atoms with Crippen molar-refractivity contribution < 1.29 is 9.84 Å². The van der Waals surface area contributed by atoms with E-state index in [4.69, 9.17) is 9.72 Å². The average molecular weight is 370 g/mol. The summed E-state index contributed by atoms with van der Waals surface area (Å²) in [5.74, 6) is 2.74. The highest BCUT2D eigenvalue weighted by Crippen LogP contribution is 2.27. The molecule has 0 saturated carbocycles. The molecule has 2 N–H and O–H groups in total. The molecule has 0 bridgehead atoms. The second kappa shape index (κ2) is 8.57. The number of aliphatic hydroxyl groups is 1.